The molecule has 2 heteroatoms. The summed E-state index contributed by atoms with van der Waals surface area (Å²) in [6, 6.07) is 2.58. The molecule has 4 aliphatic carbocycles. The molecule has 0 heterocycles. The molecule has 4 rings (SSSR count). The average molecular weight is 301 g/mol. The van der Waals surface area contributed by atoms with Crippen molar-refractivity contribution in [3.8, 4) is 6.07 Å². The van der Waals surface area contributed by atoms with Gasteiger partial charge in [-0.25, -0.2) is 0 Å². The molecule has 0 bridgehead atoms. The summed E-state index contributed by atoms with van der Waals surface area (Å²) in [5.74, 6) is 3.56. The van der Waals surface area contributed by atoms with Crippen molar-refractivity contribution in [2.75, 3.05) is 0 Å². The highest BCUT2D eigenvalue weighted by molar-refractivity contribution is 5.10. The number of hydrogen-bond acceptors (Lipinski definition) is 2. The minimum Gasteiger partial charge on any atom is -0.393 e. The SMILES string of the molecule is CC12CCC3C(CCC4CC(O)CCC43C)C1CC(C#N)C2. The molecule has 22 heavy (non-hydrogen) atoms. The molecule has 122 valence electrons. The monoisotopic (exact) mass is 301 g/mol. The van der Waals surface area contributed by atoms with Gasteiger partial charge in [0.15, 0.2) is 0 Å². The van der Waals surface area contributed by atoms with Crippen molar-refractivity contribution >= 4 is 0 Å². The Morgan fingerprint density at radius 3 is 2.59 bits per heavy atom. The van der Waals surface area contributed by atoms with E-state index in [1.807, 2.05) is 0 Å². The molecule has 0 aromatic carbocycles. The van der Waals surface area contributed by atoms with Crippen LogP contribution in [-0.4, -0.2) is 11.2 Å². The van der Waals surface area contributed by atoms with Crippen LogP contribution in [0.1, 0.15) is 71.6 Å². The van der Waals surface area contributed by atoms with Crippen LogP contribution in [-0.2, 0) is 0 Å². The molecule has 8 atom stereocenters. The second-order valence-corrected chi connectivity index (χ2v) is 9.54. The second-order valence-electron chi connectivity index (χ2n) is 9.54. The van der Waals surface area contributed by atoms with E-state index in [0.717, 1.165) is 49.4 Å². The van der Waals surface area contributed by atoms with Crippen molar-refractivity contribution in [2.24, 2.45) is 40.4 Å². The molecule has 0 saturated heterocycles. The fraction of sp³-hybridized carbons (Fsp3) is 0.950. The maximum Gasteiger partial charge on any atom is 0.0656 e. The molecule has 0 aromatic heterocycles. The van der Waals surface area contributed by atoms with Crippen LogP contribution in [0.4, 0.5) is 0 Å². The number of aliphatic hydroxyl groups is 1. The summed E-state index contributed by atoms with van der Waals surface area (Å²) in [6.07, 6.45) is 10.9. The normalized spacial score (nSPS) is 57.4. The van der Waals surface area contributed by atoms with Crippen molar-refractivity contribution in [3.63, 3.8) is 0 Å². The lowest BCUT2D eigenvalue weighted by Gasteiger charge is -2.60. The number of aliphatic hydroxyl groups excluding tert-OH is 1. The zero-order chi connectivity index (χ0) is 15.5. The Morgan fingerprint density at radius 2 is 1.82 bits per heavy atom. The Morgan fingerprint density at radius 1 is 1.00 bits per heavy atom. The van der Waals surface area contributed by atoms with E-state index in [1.54, 1.807) is 0 Å². The topological polar surface area (TPSA) is 44.0 Å². The van der Waals surface area contributed by atoms with Crippen molar-refractivity contribution in [3.05, 3.63) is 0 Å². The highest BCUT2D eigenvalue weighted by Crippen LogP contribution is 2.66. The third kappa shape index (κ3) is 2.01. The molecule has 0 amide bonds. The van der Waals surface area contributed by atoms with Gasteiger partial charge in [0.2, 0.25) is 0 Å². The van der Waals surface area contributed by atoms with Crippen LogP contribution in [0, 0.1) is 51.8 Å². The van der Waals surface area contributed by atoms with Gasteiger partial charge in [-0.2, -0.15) is 5.26 Å². The number of hydrogen-bond donors (Lipinski definition) is 1. The summed E-state index contributed by atoms with van der Waals surface area (Å²) in [4.78, 5) is 0. The van der Waals surface area contributed by atoms with Crippen LogP contribution < -0.4 is 0 Å². The van der Waals surface area contributed by atoms with Crippen LogP contribution >= 0.6 is 0 Å². The molecule has 4 fully saturated rings. The van der Waals surface area contributed by atoms with E-state index in [4.69, 9.17) is 0 Å². The molecule has 4 saturated carbocycles. The van der Waals surface area contributed by atoms with Gasteiger partial charge < -0.3 is 5.11 Å². The number of nitriles is 1. The Labute approximate surface area is 135 Å². The number of rotatable bonds is 0. The van der Waals surface area contributed by atoms with E-state index in [1.165, 1.54) is 32.1 Å². The van der Waals surface area contributed by atoms with Crippen LogP contribution in [0.15, 0.2) is 0 Å². The second kappa shape index (κ2) is 4.97. The maximum absolute atomic E-state index is 10.1. The smallest absolute Gasteiger partial charge is 0.0656 e. The van der Waals surface area contributed by atoms with Gasteiger partial charge >= 0.3 is 0 Å². The molecule has 0 spiro atoms. The zero-order valence-electron chi connectivity index (χ0n) is 14.2. The van der Waals surface area contributed by atoms with E-state index >= 15 is 0 Å². The van der Waals surface area contributed by atoms with E-state index in [-0.39, 0.29) is 6.10 Å². The highest BCUT2D eigenvalue weighted by Gasteiger charge is 2.59. The molecule has 0 radical (unpaired) electrons. The largest absolute Gasteiger partial charge is 0.393 e. The van der Waals surface area contributed by atoms with Crippen LogP contribution in [0.2, 0.25) is 0 Å². The third-order valence-electron chi connectivity index (χ3n) is 8.59. The van der Waals surface area contributed by atoms with Gasteiger partial charge in [0.25, 0.3) is 0 Å². The van der Waals surface area contributed by atoms with Gasteiger partial charge in [0.05, 0.1) is 12.2 Å². The van der Waals surface area contributed by atoms with Gasteiger partial charge in [-0.1, -0.05) is 13.8 Å². The molecule has 4 aliphatic rings. The summed E-state index contributed by atoms with van der Waals surface area (Å²) in [6.45, 7) is 5.02. The van der Waals surface area contributed by atoms with Crippen molar-refractivity contribution in [2.45, 2.75) is 77.7 Å². The zero-order valence-corrected chi connectivity index (χ0v) is 14.2. The van der Waals surface area contributed by atoms with Gasteiger partial charge in [0, 0.05) is 5.92 Å². The molecule has 1 N–H and O–H groups in total. The first-order chi connectivity index (χ1) is 10.5. The first kappa shape index (κ1) is 15.0. The van der Waals surface area contributed by atoms with Gasteiger partial charge in [-0.05, 0) is 92.3 Å². The summed E-state index contributed by atoms with van der Waals surface area (Å²) in [5.41, 5.74) is 0.910. The fourth-order valence-electron chi connectivity index (χ4n) is 7.39. The summed E-state index contributed by atoms with van der Waals surface area (Å²) in [7, 11) is 0. The van der Waals surface area contributed by atoms with Gasteiger partial charge in [0.1, 0.15) is 0 Å². The molecular weight excluding hydrogens is 270 g/mol. The summed E-state index contributed by atoms with van der Waals surface area (Å²) >= 11 is 0. The first-order valence-electron chi connectivity index (χ1n) is 9.54. The van der Waals surface area contributed by atoms with E-state index in [0.29, 0.717) is 16.7 Å². The highest BCUT2D eigenvalue weighted by atomic mass is 16.3. The molecule has 8 unspecified atom stereocenters. The van der Waals surface area contributed by atoms with Crippen LogP contribution in [0.25, 0.3) is 0 Å². The Bertz CT molecular complexity index is 496. The maximum atomic E-state index is 10.1. The molecule has 0 aromatic rings. The van der Waals surface area contributed by atoms with Gasteiger partial charge in [-0.15, -0.1) is 0 Å². The quantitative estimate of drug-likeness (QED) is 0.714. The Balaban J connectivity index is 1.61. The lowest BCUT2D eigenvalue weighted by Crippen LogP contribution is -2.53. The fourth-order valence-corrected chi connectivity index (χ4v) is 7.39. The standard InChI is InChI=1S/C20H31NO/c1-19-7-6-17-16(18(19)9-13(11-19)12-21)4-3-14-10-15(22)5-8-20(14,17)2/h13-18,22H,3-11H2,1-2H3. The van der Waals surface area contributed by atoms with Gasteiger partial charge in [-0.3, -0.25) is 0 Å². The Kier molecular flexibility index (Phi) is 3.39. The number of fused-ring (bicyclic) bond motifs is 5. The van der Waals surface area contributed by atoms with E-state index < -0.39 is 0 Å². The Hall–Kier alpha value is -0.550. The summed E-state index contributed by atoms with van der Waals surface area (Å²) < 4.78 is 0. The van der Waals surface area contributed by atoms with E-state index in [9.17, 15) is 10.4 Å². The van der Waals surface area contributed by atoms with Crippen molar-refractivity contribution < 1.29 is 5.11 Å². The minimum atomic E-state index is -0.0436. The lowest BCUT2D eigenvalue weighted by atomic mass is 9.45. The number of nitrogens with zero attached hydrogens (tertiary/aromatic N) is 1. The molecule has 0 aliphatic heterocycles. The van der Waals surface area contributed by atoms with Crippen LogP contribution in [0.5, 0.6) is 0 Å². The average Bonchev–Trinajstić information content (AvgIpc) is 2.85. The lowest BCUT2D eigenvalue weighted by molar-refractivity contribution is -0.120. The predicted octanol–water partition coefficient (Wildman–Crippen LogP) is 4.53. The third-order valence-corrected chi connectivity index (χ3v) is 8.59. The van der Waals surface area contributed by atoms with Crippen LogP contribution in [0.3, 0.4) is 0 Å². The van der Waals surface area contributed by atoms with E-state index in [2.05, 4.69) is 19.9 Å². The molecule has 2 nitrogen and oxygen atoms in total. The first-order valence-corrected chi connectivity index (χ1v) is 9.54. The van der Waals surface area contributed by atoms with Crippen molar-refractivity contribution in [1.82, 2.24) is 0 Å². The molecular formula is C20H31NO. The summed E-state index contributed by atoms with van der Waals surface area (Å²) in [5, 5.41) is 19.5. The minimum absolute atomic E-state index is 0.0436. The predicted molar refractivity (Wildman–Crippen MR) is 86.8 cm³/mol. The van der Waals surface area contributed by atoms with Crippen molar-refractivity contribution in [1.29, 1.82) is 5.26 Å².